The summed E-state index contributed by atoms with van der Waals surface area (Å²) in [6.07, 6.45) is 5.50. The van der Waals surface area contributed by atoms with E-state index in [0.29, 0.717) is 22.9 Å². The van der Waals surface area contributed by atoms with Crippen molar-refractivity contribution in [3.8, 4) is 0 Å². The van der Waals surface area contributed by atoms with Gasteiger partial charge in [0, 0.05) is 23.8 Å². The van der Waals surface area contributed by atoms with E-state index in [2.05, 4.69) is 35.7 Å². The quantitative estimate of drug-likeness (QED) is 0.636. The minimum absolute atomic E-state index is 0.0739. The number of aromatic nitrogens is 3. The van der Waals surface area contributed by atoms with Gasteiger partial charge in [-0.05, 0) is 12.8 Å². The SMILES string of the molecule is CC(C)(C)c1ocnc1CSc1ncc2c(n1)CCCC2=O. The van der Waals surface area contributed by atoms with Gasteiger partial charge in [-0.25, -0.2) is 15.0 Å². The highest BCUT2D eigenvalue weighted by molar-refractivity contribution is 7.98. The topological polar surface area (TPSA) is 68.9 Å². The summed E-state index contributed by atoms with van der Waals surface area (Å²) in [5.74, 6) is 1.72. The zero-order valence-electron chi connectivity index (χ0n) is 13.0. The van der Waals surface area contributed by atoms with E-state index in [9.17, 15) is 4.79 Å². The van der Waals surface area contributed by atoms with E-state index in [1.807, 2.05) is 0 Å². The summed E-state index contributed by atoms with van der Waals surface area (Å²) in [6, 6.07) is 0. The Hall–Kier alpha value is -1.69. The second-order valence-electron chi connectivity index (χ2n) is 6.46. The highest BCUT2D eigenvalue weighted by Gasteiger charge is 2.24. The van der Waals surface area contributed by atoms with Crippen molar-refractivity contribution in [1.82, 2.24) is 15.0 Å². The molecule has 0 atom stereocenters. The Morgan fingerprint density at radius 2 is 2.09 bits per heavy atom. The van der Waals surface area contributed by atoms with E-state index in [4.69, 9.17) is 4.42 Å². The molecule has 0 spiro atoms. The highest BCUT2D eigenvalue weighted by atomic mass is 32.2. The second kappa shape index (κ2) is 5.83. The van der Waals surface area contributed by atoms with Crippen molar-refractivity contribution in [2.45, 2.75) is 56.4 Å². The molecule has 0 unspecified atom stereocenters. The van der Waals surface area contributed by atoms with Crippen LogP contribution in [0.15, 0.2) is 22.2 Å². The molecule has 2 aromatic heterocycles. The van der Waals surface area contributed by atoms with Crippen LogP contribution in [0, 0.1) is 0 Å². The third-order valence-corrected chi connectivity index (χ3v) is 4.50. The predicted molar refractivity (Wildman–Crippen MR) is 84.1 cm³/mol. The maximum atomic E-state index is 11.8. The van der Waals surface area contributed by atoms with Crippen LogP contribution in [0.5, 0.6) is 0 Å². The van der Waals surface area contributed by atoms with E-state index in [-0.39, 0.29) is 11.2 Å². The van der Waals surface area contributed by atoms with Gasteiger partial charge in [0.25, 0.3) is 0 Å². The number of rotatable bonds is 3. The Morgan fingerprint density at radius 1 is 1.27 bits per heavy atom. The number of carbonyl (C=O) groups excluding carboxylic acids is 1. The molecule has 2 aromatic rings. The zero-order valence-corrected chi connectivity index (χ0v) is 13.9. The molecule has 0 bridgehead atoms. The normalized spacial score (nSPS) is 15.0. The van der Waals surface area contributed by atoms with Crippen molar-refractivity contribution in [2.24, 2.45) is 0 Å². The summed E-state index contributed by atoms with van der Waals surface area (Å²) in [5.41, 5.74) is 2.42. The lowest BCUT2D eigenvalue weighted by Crippen LogP contribution is -2.14. The van der Waals surface area contributed by atoms with Crippen molar-refractivity contribution >= 4 is 17.5 Å². The van der Waals surface area contributed by atoms with E-state index in [0.717, 1.165) is 30.0 Å². The molecule has 0 radical (unpaired) electrons. The van der Waals surface area contributed by atoms with Gasteiger partial charge in [0.15, 0.2) is 17.3 Å². The Kier molecular flexibility index (Phi) is 4.04. The average molecular weight is 317 g/mol. The van der Waals surface area contributed by atoms with Crippen molar-refractivity contribution in [3.05, 3.63) is 35.3 Å². The molecule has 0 saturated heterocycles. The molecule has 0 amide bonds. The van der Waals surface area contributed by atoms with Crippen molar-refractivity contribution in [3.63, 3.8) is 0 Å². The summed E-state index contributed by atoms with van der Waals surface area (Å²) < 4.78 is 5.51. The molecule has 3 rings (SSSR count). The van der Waals surface area contributed by atoms with Gasteiger partial charge in [-0.2, -0.15) is 0 Å². The Labute approximate surface area is 134 Å². The molecular weight excluding hydrogens is 298 g/mol. The van der Waals surface area contributed by atoms with Gasteiger partial charge in [-0.1, -0.05) is 32.5 Å². The molecule has 0 fully saturated rings. The van der Waals surface area contributed by atoms with Crippen LogP contribution in [0.3, 0.4) is 0 Å². The van der Waals surface area contributed by atoms with E-state index in [1.165, 1.54) is 18.2 Å². The fourth-order valence-electron chi connectivity index (χ4n) is 2.56. The summed E-state index contributed by atoms with van der Waals surface area (Å²) >= 11 is 1.53. The highest BCUT2D eigenvalue weighted by Crippen LogP contribution is 2.29. The third kappa shape index (κ3) is 3.06. The van der Waals surface area contributed by atoms with Gasteiger partial charge in [-0.15, -0.1) is 0 Å². The lowest BCUT2D eigenvalue weighted by molar-refractivity contribution is 0.0970. The second-order valence-corrected chi connectivity index (χ2v) is 7.40. The zero-order chi connectivity index (χ0) is 15.7. The van der Waals surface area contributed by atoms with Crippen LogP contribution in [0.1, 0.15) is 61.1 Å². The number of oxazole rings is 1. The molecule has 0 aliphatic heterocycles. The van der Waals surface area contributed by atoms with Crippen LogP contribution < -0.4 is 0 Å². The standard InChI is InChI=1S/C16H19N3O2S/c1-16(2,3)14-12(18-9-21-14)8-22-15-17-7-10-11(19-15)5-4-6-13(10)20/h7,9H,4-6,8H2,1-3H3. The number of thioether (sulfide) groups is 1. The van der Waals surface area contributed by atoms with Crippen LogP contribution in [0.4, 0.5) is 0 Å². The number of fused-ring (bicyclic) bond motifs is 1. The molecule has 1 aliphatic rings. The van der Waals surface area contributed by atoms with Gasteiger partial charge in [0.2, 0.25) is 0 Å². The lowest BCUT2D eigenvalue weighted by atomic mass is 9.92. The van der Waals surface area contributed by atoms with Gasteiger partial charge in [0.05, 0.1) is 17.0 Å². The number of Topliss-reactive ketones (excluding diaryl/α,β-unsaturated/α-hetero) is 1. The Balaban J connectivity index is 1.75. The molecular formula is C16H19N3O2S. The van der Waals surface area contributed by atoms with Crippen LogP contribution in [0.2, 0.25) is 0 Å². The Morgan fingerprint density at radius 3 is 2.86 bits per heavy atom. The van der Waals surface area contributed by atoms with Crippen LogP contribution in [-0.2, 0) is 17.6 Å². The first kappa shape index (κ1) is 15.2. The van der Waals surface area contributed by atoms with Gasteiger partial charge in [-0.3, -0.25) is 4.79 Å². The van der Waals surface area contributed by atoms with Gasteiger partial charge in [0.1, 0.15) is 5.76 Å². The molecule has 0 aromatic carbocycles. The first-order chi connectivity index (χ1) is 10.4. The summed E-state index contributed by atoms with van der Waals surface area (Å²) in [5, 5.41) is 0.691. The smallest absolute Gasteiger partial charge is 0.188 e. The van der Waals surface area contributed by atoms with Crippen LogP contribution in [0.25, 0.3) is 0 Å². The number of ketones is 1. The maximum absolute atomic E-state index is 11.8. The largest absolute Gasteiger partial charge is 0.448 e. The fraction of sp³-hybridized carbons (Fsp3) is 0.500. The minimum Gasteiger partial charge on any atom is -0.448 e. The molecule has 0 saturated carbocycles. The molecule has 0 N–H and O–H groups in total. The molecule has 6 heteroatoms. The minimum atomic E-state index is -0.0739. The molecule has 1 aliphatic carbocycles. The van der Waals surface area contributed by atoms with Crippen molar-refractivity contribution in [1.29, 1.82) is 0 Å². The van der Waals surface area contributed by atoms with E-state index in [1.54, 1.807) is 6.20 Å². The maximum Gasteiger partial charge on any atom is 0.188 e. The summed E-state index contributed by atoms with van der Waals surface area (Å²) in [6.45, 7) is 6.30. The van der Waals surface area contributed by atoms with Gasteiger partial charge >= 0.3 is 0 Å². The third-order valence-electron chi connectivity index (χ3n) is 3.62. The van der Waals surface area contributed by atoms with Crippen LogP contribution in [-0.4, -0.2) is 20.7 Å². The monoisotopic (exact) mass is 317 g/mol. The first-order valence-corrected chi connectivity index (χ1v) is 8.38. The number of hydrogen-bond donors (Lipinski definition) is 0. The summed E-state index contributed by atoms with van der Waals surface area (Å²) in [7, 11) is 0. The molecule has 5 nitrogen and oxygen atoms in total. The summed E-state index contributed by atoms with van der Waals surface area (Å²) in [4.78, 5) is 24.9. The number of aryl methyl sites for hydroxylation is 1. The van der Waals surface area contributed by atoms with Crippen molar-refractivity contribution in [2.75, 3.05) is 0 Å². The lowest BCUT2D eigenvalue weighted by Gasteiger charge is -2.16. The molecule has 116 valence electrons. The predicted octanol–water partition coefficient (Wildman–Crippen LogP) is 3.57. The van der Waals surface area contributed by atoms with Crippen molar-refractivity contribution < 1.29 is 9.21 Å². The average Bonchev–Trinajstić information content (AvgIpc) is 2.94. The van der Waals surface area contributed by atoms with Gasteiger partial charge < -0.3 is 4.42 Å². The Bertz CT molecular complexity index is 704. The van der Waals surface area contributed by atoms with E-state index < -0.39 is 0 Å². The fourth-order valence-corrected chi connectivity index (χ4v) is 3.33. The molecule has 2 heterocycles. The van der Waals surface area contributed by atoms with Crippen LogP contribution >= 0.6 is 11.8 Å². The van der Waals surface area contributed by atoms with E-state index >= 15 is 0 Å². The number of nitrogens with zero attached hydrogens (tertiary/aromatic N) is 3. The molecule has 22 heavy (non-hydrogen) atoms. The number of carbonyl (C=O) groups is 1. The first-order valence-electron chi connectivity index (χ1n) is 7.40. The number of hydrogen-bond acceptors (Lipinski definition) is 6.